The topological polar surface area (TPSA) is 183 Å². The molecule has 1 aliphatic carbocycles. The van der Waals surface area contributed by atoms with Gasteiger partial charge in [0.15, 0.2) is 5.78 Å². The minimum atomic E-state index is -1.41. The first-order valence-corrected chi connectivity index (χ1v) is 12.4. The van der Waals surface area contributed by atoms with Crippen LogP contribution in [0.4, 0.5) is 0 Å². The van der Waals surface area contributed by atoms with Crippen LogP contribution in [0.3, 0.4) is 0 Å². The number of ketones is 1. The van der Waals surface area contributed by atoms with E-state index in [9.17, 15) is 24.0 Å². The maximum Gasteiger partial charge on any atom is 0.326 e. The van der Waals surface area contributed by atoms with Gasteiger partial charge in [-0.2, -0.15) is 0 Å². The van der Waals surface area contributed by atoms with Gasteiger partial charge in [-0.15, -0.1) is 0 Å². The number of hydrogen-bond acceptors (Lipinski definition) is 8. The van der Waals surface area contributed by atoms with Gasteiger partial charge < -0.3 is 32.2 Å². The zero-order chi connectivity index (χ0) is 26.8. The van der Waals surface area contributed by atoms with E-state index in [0.717, 1.165) is 0 Å². The molecule has 0 spiro atoms. The van der Waals surface area contributed by atoms with Gasteiger partial charge in [0.05, 0.1) is 13.2 Å². The van der Waals surface area contributed by atoms with Crippen LogP contribution in [0.15, 0.2) is 0 Å². The fourth-order valence-electron chi connectivity index (χ4n) is 4.53. The van der Waals surface area contributed by atoms with Gasteiger partial charge in [0.2, 0.25) is 17.7 Å². The normalized spacial score (nSPS) is 22.1. The lowest BCUT2D eigenvalue weighted by Crippen LogP contribution is -2.59. The second-order valence-electron chi connectivity index (χ2n) is 9.84. The van der Waals surface area contributed by atoms with E-state index in [1.165, 1.54) is 21.0 Å². The van der Waals surface area contributed by atoms with E-state index in [1.807, 2.05) is 13.8 Å². The van der Waals surface area contributed by atoms with E-state index in [-0.39, 0.29) is 17.6 Å². The second-order valence-corrected chi connectivity index (χ2v) is 9.84. The SMILES string of the molecule is COC(=O)C1(N)CCCC1C(=O)[C@H](C)NC(=O)[C@H](CCCCN)NC(=O)[C@H](CC(C)C)NC(C)=O. The van der Waals surface area contributed by atoms with Crippen LogP contribution >= 0.6 is 0 Å². The van der Waals surface area contributed by atoms with E-state index in [4.69, 9.17) is 16.2 Å². The van der Waals surface area contributed by atoms with Gasteiger partial charge in [0, 0.05) is 12.8 Å². The van der Waals surface area contributed by atoms with Crippen molar-refractivity contribution in [3.63, 3.8) is 0 Å². The highest BCUT2D eigenvalue weighted by Crippen LogP contribution is 2.36. The molecule has 0 heterocycles. The van der Waals surface area contributed by atoms with Crippen molar-refractivity contribution in [3.8, 4) is 0 Å². The van der Waals surface area contributed by atoms with E-state index in [1.54, 1.807) is 0 Å². The fraction of sp³-hybridized carbons (Fsp3) is 0.792. The highest BCUT2D eigenvalue weighted by molar-refractivity contribution is 5.98. The minimum Gasteiger partial charge on any atom is -0.468 e. The predicted molar refractivity (Wildman–Crippen MR) is 131 cm³/mol. The predicted octanol–water partition coefficient (Wildman–Crippen LogP) is -0.105. The first-order chi connectivity index (χ1) is 16.4. The summed E-state index contributed by atoms with van der Waals surface area (Å²) in [5, 5.41) is 8.03. The van der Waals surface area contributed by atoms with E-state index in [0.29, 0.717) is 51.5 Å². The summed E-state index contributed by atoms with van der Waals surface area (Å²) in [7, 11) is 1.23. The van der Waals surface area contributed by atoms with Crippen LogP contribution in [-0.4, -0.2) is 66.8 Å². The number of hydrogen-bond donors (Lipinski definition) is 5. The number of esters is 1. The molecule has 1 saturated carbocycles. The van der Waals surface area contributed by atoms with Crippen molar-refractivity contribution in [2.75, 3.05) is 13.7 Å². The number of methoxy groups -OCH3 is 1. The summed E-state index contributed by atoms with van der Waals surface area (Å²) in [5.74, 6) is -2.98. The first-order valence-electron chi connectivity index (χ1n) is 12.4. The lowest BCUT2D eigenvalue weighted by atomic mass is 9.82. The van der Waals surface area contributed by atoms with Crippen LogP contribution in [0.1, 0.15) is 72.6 Å². The zero-order valence-corrected chi connectivity index (χ0v) is 21.6. The third-order valence-electron chi connectivity index (χ3n) is 6.38. The van der Waals surface area contributed by atoms with Crippen molar-refractivity contribution in [2.24, 2.45) is 23.3 Å². The van der Waals surface area contributed by atoms with Gasteiger partial charge in [-0.3, -0.25) is 24.0 Å². The highest BCUT2D eigenvalue weighted by atomic mass is 16.5. The van der Waals surface area contributed by atoms with Crippen molar-refractivity contribution < 1.29 is 28.7 Å². The molecule has 11 nitrogen and oxygen atoms in total. The van der Waals surface area contributed by atoms with Crippen LogP contribution in [0.2, 0.25) is 0 Å². The summed E-state index contributed by atoms with van der Waals surface area (Å²) in [5.41, 5.74) is 10.4. The average Bonchev–Trinajstić information content (AvgIpc) is 3.18. The Morgan fingerprint density at radius 3 is 2.17 bits per heavy atom. The molecule has 200 valence electrons. The first kappa shape index (κ1) is 30.5. The zero-order valence-electron chi connectivity index (χ0n) is 21.6. The monoisotopic (exact) mass is 497 g/mol. The average molecular weight is 498 g/mol. The van der Waals surface area contributed by atoms with Gasteiger partial charge in [0.25, 0.3) is 0 Å². The number of amides is 3. The van der Waals surface area contributed by atoms with Crippen molar-refractivity contribution in [1.82, 2.24) is 16.0 Å². The number of ether oxygens (including phenoxy) is 1. The molecular formula is C24H43N5O6. The van der Waals surface area contributed by atoms with Crippen molar-refractivity contribution >= 4 is 29.5 Å². The van der Waals surface area contributed by atoms with Gasteiger partial charge >= 0.3 is 5.97 Å². The lowest BCUT2D eigenvalue weighted by Gasteiger charge is -2.30. The molecule has 0 aromatic rings. The Labute approximate surface area is 207 Å². The van der Waals surface area contributed by atoms with Crippen LogP contribution in [0.25, 0.3) is 0 Å². The van der Waals surface area contributed by atoms with E-state index < -0.39 is 47.4 Å². The number of unbranched alkanes of at least 4 members (excludes halogenated alkanes) is 1. The molecule has 11 heteroatoms. The minimum absolute atomic E-state index is 0.137. The van der Waals surface area contributed by atoms with Gasteiger partial charge in [-0.05, 0) is 57.9 Å². The number of nitrogens with one attached hydrogen (secondary N) is 3. The highest BCUT2D eigenvalue weighted by Gasteiger charge is 2.51. The molecule has 0 aromatic carbocycles. The Morgan fingerprint density at radius 2 is 1.63 bits per heavy atom. The Bertz CT molecular complexity index is 774. The molecule has 1 aliphatic rings. The largest absolute Gasteiger partial charge is 0.468 e. The number of carbonyl (C=O) groups excluding carboxylic acids is 5. The third kappa shape index (κ3) is 8.88. The standard InChI is InChI=1S/C24H43N5O6/c1-14(2)13-19(28-16(4)30)22(33)29-18(10-6-7-12-25)21(32)27-15(3)20(31)17-9-8-11-24(17,26)23(34)35-5/h14-15,17-19H,6-13,25-26H2,1-5H3,(H,27,32)(H,28,30)(H,29,33)/t15-,17?,18-,19-,24?/m0/s1. The Morgan fingerprint density at radius 1 is 1.00 bits per heavy atom. The maximum absolute atomic E-state index is 13.1. The molecule has 7 N–H and O–H groups in total. The van der Waals surface area contributed by atoms with Crippen molar-refractivity contribution in [3.05, 3.63) is 0 Å². The molecule has 0 radical (unpaired) electrons. The molecule has 0 saturated heterocycles. The van der Waals surface area contributed by atoms with Crippen LogP contribution in [0.5, 0.6) is 0 Å². The van der Waals surface area contributed by atoms with E-state index >= 15 is 0 Å². The number of rotatable bonds is 14. The number of carbonyl (C=O) groups is 5. The Balaban J connectivity index is 2.95. The molecule has 1 rings (SSSR count). The Hall–Kier alpha value is -2.53. The molecule has 0 bridgehead atoms. The summed E-state index contributed by atoms with van der Waals surface area (Å²) >= 11 is 0. The smallest absolute Gasteiger partial charge is 0.326 e. The second kappa shape index (κ2) is 14.1. The van der Waals surface area contributed by atoms with Gasteiger partial charge in [0.1, 0.15) is 17.6 Å². The van der Waals surface area contributed by atoms with Crippen LogP contribution < -0.4 is 27.4 Å². The summed E-state index contributed by atoms with van der Waals surface area (Å²) in [6.45, 7) is 7.15. The molecule has 5 atom stereocenters. The van der Waals surface area contributed by atoms with Crippen molar-refractivity contribution in [1.29, 1.82) is 0 Å². The number of Topliss-reactive ketones (excluding diaryl/α,β-unsaturated/α-hetero) is 1. The van der Waals surface area contributed by atoms with Gasteiger partial charge in [-0.1, -0.05) is 20.3 Å². The fourth-order valence-corrected chi connectivity index (χ4v) is 4.53. The summed E-state index contributed by atoms with van der Waals surface area (Å²) in [4.78, 5) is 62.9. The summed E-state index contributed by atoms with van der Waals surface area (Å²) in [6, 6.07) is -2.62. The molecule has 2 unspecified atom stereocenters. The molecule has 0 aromatic heterocycles. The molecular weight excluding hydrogens is 454 g/mol. The summed E-state index contributed by atoms with van der Waals surface area (Å²) in [6.07, 6.45) is 3.32. The number of nitrogens with two attached hydrogens (primary N) is 2. The molecule has 3 amide bonds. The maximum atomic E-state index is 13.1. The van der Waals surface area contributed by atoms with E-state index in [2.05, 4.69) is 16.0 Å². The van der Waals surface area contributed by atoms with Crippen LogP contribution in [-0.2, 0) is 28.7 Å². The molecule has 35 heavy (non-hydrogen) atoms. The summed E-state index contributed by atoms with van der Waals surface area (Å²) < 4.78 is 4.80. The third-order valence-corrected chi connectivity index (χ3v) is 6.38. The molecule has 1 fully saturated rings. The van der Waals surface area contributed by atoms with Crippen molar-refractivity contribution in [2.45, 2.75) is 96.3 Å². The van der Waals surface area contributed by atoms with Crippen LogP contribution in [0, 0.1) is 11.8 Å². The van der Waals surface area contributed by atoms with Gasteiger partial charge in [-0.25, -0.2) is 0 Å². The lowest BCUT2D eigenvalue weighted by molar-refractivity contribution is -0.151. The quantitative estimate of drug-likeness (QED) is 0.163. The molecule has 0 aliphatic heterocycles. The Kier molecular flexibility index (Phi) is 12.3.